The number of amides is 1. The lowest BCUT2D eigenvalue weighted by Gasteiger charge is -2.27. The van der Waals surface area contributed by atoms with Gasteiger partial charge < -0.3 is 15.3 Å². The van der Waals surface area contributed by atoms with Gasteiger partial charge in [-0.2, -0.15) is 0 Å². The van der Waals surface area contributed by atoms with Crippen LogP contribution >= 0.6 is 0 Å². The van der Waals surface area contributed by atoms with Gasteiger partial charge >= 0.3 is 0 Å². The van der Waals surface area contributed by atoms with E-state index in [2.05, 4.69) is 5.32 Å². The van der Waals surface area contributed by atoms with Crippen LogP contribution in [0.15, 0.2) is 24.3 Å². The Kier molecular flexibility index (Phi) is 5.44. The average Bonchev–Trinajstić information content (AvgIpc) is 2.25. The fourth-order valence-electron chi connectivity index (χ4n) is 1.92. The molecule has 1 aromatic rings. The second-order valence-corrected chi connectivity index (χ2v) is 5.32. The molecule has 4 nitrogen and oxygen atoms in total. The van der Waals surface area contributed by atoms with Gasteiger partial charge in [-0.05, 0) is 38.7 Å². The third kappa shape index (κ3) is 6.31. The molecule has 0 aromatic heterocycles. The Hall–Kier alpha value is -1.46. The molecule has 0 spiro atoms. The normalized spacial score (nSPS) is 14.2. The van der Waals surface area contributed by atoms with Crippen LogP contribution in [0.25, 0.3) is 0 Å². The van der Waals surface area contributed by atoms with Crippen LogP contribution in [0.4, 0.5) is 4.39 Å². The first-order valence-corrected chi connectivity index (χ1v) is 6.17. The van der Waals surface area contributed by atoms with Crippen molar-refractivity contribution in [1.82, 2.24) is 10.2 Å². The summed E-state index contributed by atoms with van der Waals surface area (Å²) in [5.41, 5.74) is -0.370. The van der Waals surface area contributed by atoms with Gasteiger partial charge in [-0.3, -0.25) is 4.79 Å². The molecular formula is C14H21FN2O2. The molecule has 0 aliphatic carbocycles. The summed E-state index contributed by atoms with van der Waals surface area (Å²) < 4.78 is 13.0. The number of aliphatic hydroxyl groups is 1. The molecular weight excluding hydrogens is 247 g/mol. The molecule has 0 fully saturated rings. The highest BCUT2D eigenvalue weighted by Gasteiger charge is 2.21. The second kappa shape index (κ2) is 6.63. The van der Waals surface area contributed by atoms with Crippen LogP contribution in [0.2, 0.25) is 0 Å². The number of halogens is 1. The lowest BCUT2D eigenvalue weighted by atomic mass is 10.1. The van der Waals surface area contributed by atoms with Crippen molar-refractivity contribution in [3.05, 3.63) is 35.6 Å². The number of nitrogens with one attached hydrogen (secondary N) is 1. The summed E-state index contributed by atoms with van der Waals surface area (Å²) in [6.07, 6.45) is 0.107. The Morgan fingerprint density at radius 1 is 1.47 bits per heavy atom. The molecule has 5 heteroatoms. The largest absolute Gasteiger partial charge is 0.387 e. The highest BCUT2D eigenvalue weighted by Crippen LogP contribution is 2.05. The van der Waals surface area contributed by atoms with E-state index in [0.717, 1.165) is 0 Å². The number of nitrogens with zero attached hydrogens (tertiary/aromatic N) is 1. The van der Waals surface area contributed by atoms with Gasteiger partial charge in [0.25, 0.3) is 0 Å². The van der Waals surface area contributed by atoms with E-state index in [1.807, 2.05) is 19.0 Å². The van der Waals surface area contributed by atoms with Gasteiger partial charge in [-0.15, -0.1) is 0 Å². The minimum atomic E-state index is -0.985. The molecule has 106 valence electrons. The van der Waals surface area contributed by atoms with Crippen molar-refractivity contribution in [2.45, 2.75) is 18.9 Å². The van der Waals surface area contributed by atoms with Gasteiger partial charge in [0, 0.05) is 13.1 Å². The van der Waals surface area contributed by atoms with Crippen LogP contribution in [0.5, 0.6) is 0 Å². The molecule has 1 amide bonds. The Morgan fingerprint density at radius 3 is 2.74 bits per heavy atom. The van der Waals surface area contributed by atoms with E-state index in [1.54, 1.807) is 19.1 Å². The maximum absolute atomic E-state index is 13.0. The molecule has 0 saturated heterocycles. The number of likely N-dealkylation sites (N-methyl/N-ethyl adjacent to an activating group) is 1. The van der Waals surface area contributed by atoms with Crippen LogP contribution in [0.1, 0.15) is 12.5 Å². The molecule has 0 bridgehead atoms. The van der Waals surface area contributed by atoms with Crippen LogP contribution in [-0.4, -0.2) is 48.7 Å². The van der Waals surface area contributed by atoms with E-state index in [0.29, 0.717) is 12.1 Å². The third-order valence-electron chi connectivity index (χ3n) is 2.58. The minimum Gasteiger partial charge on any atom is -0.387 e. The van der Waals surface area contributed by atoms with Crippen molar-refractivity contribution in [2.24, 2.45) is 0 Å². The third-order valence-corrected chi connectivity index (χ3v) is 2.58. The summed E-state index contributed by atoms with van der Waals surface area (Å²) >= 11 is 0. The summed E-state index contributed by atoms with van der Waals surface area (Å²) in [6.45, 7) is 2.28. The molecule has 1 atom stereocenters. The number of rotatable bonds is 6. The molecule has 19 heavy (non-hydrogen) atoms. The Bertz CT molecular complexity index is 433. The van der Waals surface area contributed by atoms with E-state index >= 15 is 0 Å². The zero-order valence-corrected chi connectivity index (χ0v) is 11.6. The molecule has 0 saturated carbocycles. The first kappa shape index (κ1) is 15.6. The first-order chi connectivity index (χ1) is 8.78. The summed E-state index contributed by atoms with van der Waals surface area (Å²) in [7, 11) is 3.70. The quantitative estimate of drug-likeness (QED) is 0.802. The van der Waals surface area contributed by atoms with E-state index in [1.165, 1.54) is 12.1 Å². The number of carbonyl (C=O) groups excluding carboxylic acids is 1. The van der Waals surface area contributed by atoms with E-state index < -0.39 is 5.60 Å². The Morgan fingerprint density at radius 2 is 2.16 bits per heavy atom. The lowest BCUT2D eigenvalue weighted by molar-refractivity contribution is -0.121. The zero-order valence-electron chi connectivity index (χ0n) is 11.6. The van der Waals surface area contributed by atoms with Crippen molar-refractivity contribution in [3.8, 4) is 0 Å². The average molecular weight is 268 g/mol. The van der Waals surface area contributed by atoms with Gasteiger partial charge in [0.2, 0.25) is 5.91 Å². The molecule has 2 N–H and O–H groups in total. The molecule has 0 aliphatic heterocycles. The van der Waals surface area contributed by atoms with Crippen LogP contribution in [0, 0.1) is 5.82 Å². The van der Waals surface area contributed by atoms with Crippen molar-refractivity contribution in [2.75, 3.05) is 27.2 Å². The summed E-state index contributed by atoms with van der Waals surface area (Å²) in [4.78, 5) is 13.5. The van der Waals surface area contributed by atoms with E-state index in [4.69, 9.17) is 0 Å². The molecule has 1 unspecified atom stereocenters. The summed E-state index contributed by atoms with van der Waals surface area (Å²) in [5, 5.41) is 12.7. The molecule has 0 aliphatic rings. The lowest BCUT2D eigenvalue weighted by Crippen LogP contribution is -2.47. The van der Waals surface area contributed by atoms with Gasteiger partial charge in [-0.1, -0.05) is 12.1 Å². The Balaban J connectivity index is 2.44. The van der Waals surface area contributed by atoms with Crippen molar-refractivity contribution in [1.29, 1.82) is 0 Å². The van der Waals surface area contributed by atoms with Crippen molar-refractivity contribution < 1.29 is 14.3 Å². The molecule has 0 radical (unpaired) electrons. The number of hydrogen-bond acceptors (Lipinski definition) is 3. The standard InChI is InChI=1S/C14H21FN2O2/c1-14(19,10-17(2)3)9-16-13(18)8-11-5-4-6-12(15)7-11/h4-7,19H,8-10H2,1-3H3,(H,16,18). The van der Waals surface area contributed by atoms with Crippen LogP contribution < -0.4 is 5.32 Å². The van der Waals surface area contributed by atoms with Gasteiger partial charge in [0.05, 0.1) is 12.0 Å². The number of carbonyl (C=O) groups is 1. The predicted octanol–water partition coefficient (Wildman–Crippen LogP) is 0.797. The molecule has 1 aromatic carbocycles. The first-order valence-electron chi connectivity index (χ1n) is 6.17. The number of hydrogen-bond donors (Lipinski definition) is 2. The maximum Gasteiger partial charge on any atom is 0.224 e. The predicted molar refractivity (Wildman–Crippen MR) is 72.3 cm³/mol. The molecule has 1 rings (SSSR count). The Labute approximate surface area is 113 Å². The van der Waals surface area contributed by atoms with Gasteiger partial charge in [0.15, 0.2) is 0 Å². The van der Waals surface area contributed by atoms with Crippen molar-refractivity contribution >= 4 is 5.91 Å². The van der Waals surface area contributed by atoms with Crippen molar-refractivity contribution in [3.63, 3.8) is 0 Å². The topological polar surface area (TPSA) is 52.6 Å². The van der Waals surface area contributed by atoms with Crippen LogP contribution in [0.3, 0.4) is 0 Å². The highest BCUT2D eigenvalue weighted by atomic mass is 19.1. The smallest absolute Gasteiger partial charge is 0.224 e. The fraction of sp³-hybridized carbons (Fsp3) is 0.500. The second-order valence-electron chi connectivity index (χ2n) is 5.32. The van der Waals surface area contributed by atoms with E-state index in [-0.39, 0.29) is 24.7 Å². The highest BCUT2D eigenvalue weighted by molar-refractivity contribution is 5.78. The fourth-order valence-corrected chi connectivity index (χ4v) is 1.92. The monoisotopic (exact) mass is 268 g/mol. The maximum atomic E-state index is 13.0. The zero-order chi connectivity index (χ0) is 14.5. The van der Waals surface area contributed by atoms with Gasteiger partial charge in [-0.25, -0.2) is 4.39 Å². The summed E-state index contributed by atoms with van der Waals surface area (Å²) in [5.74, 6) is -0.588. The summed E-state index contributed by atoms with van der Waals surface area (Å²) in [6, 6.07) is 5.93. The van der Waals surface area contributed by atoms with Gasteiger partial charge in [0.1, 0.15) is 5.82 Å². The van der Waals surface area contributed by atoms with E-state index in [9.17, 15) is 14.3 Å². The number of benzene rings is 1. The van der Waals surface area contributed by atoms with Crippen LogP contribution in [-0.2, 0) is 11.2 Å². The SMILES string of the molecule is CN(C)CC(C)(O)CNC(=O)Cc1cccc(F)c1. The molecule has 0 heterocycles. The minimum absolute atomic E-state index is 0.107.